The summed E-state index contributed by atoms with van der Waals surface area (Å²) in [5.74, 6) is -0.748. The van der Waals surface area contributed by atoms with Gasteiger partial charge in [-0.25, -0.2) is 0 Å². The Hall–Kier alpha value is -3.65. The minimum atomic E-state index is -0.648. The lowest BCUT2D eigenvalue weighted by Gasteiger charge is -2.14. The lowest BCUT2D eigenvalue weighted by atomic mass is 10.3. The van der Waals surface area contributed by atoms with Crippen LogP contribution < -0.4 is 21.1 Å². The van der Waals surface area contributed by atoms with E-state index >= 15 is 0 Å². The molecule has 3 rings (SSSR count). The number of ether oxygens (including phenoxy) is 1. The minimum absolute atomic E-state index is 0.0709. The lowest BCUT2D eigenvalue weighted by Crippen LogP contribution is -2.44. The standard InChI is InChI=1S/C20H17ClN4O4/c21-14-6-1-2-9-17(14)29-13-12-25-16(8-5-10-18(25)26)20(28)24-23-19(27)15-7-3-4-11-22-15/h1-11H,12-13H2,(H,23,27)(H,24,28). The Morgan fingerprint density at radius 1 is 0.966 bits per heavy atom. The number of carbonyl (C=O) groups is 2. The first-order chi connectivity index (χ1) is 14.1. The van der Waals surface area contributed by atoms with Gasteiger partial charge in [-0.2, -0.15) is 0 Å². The van der Waals surface area contributed by atoms with Crippen molar-refractivity contribution in [3.05, 3.63) is 93.6 Å². The molecule has 0 spiro atoms. The molecule has 0 radical (unpaired) electrons. The summed E-state index contributed by atoms with van der Waals surface area (Å²) >= 11 is 6.04. The molecule has 0 atom stereocenters. The summed E-state index contributed by atoms with van der Waals surface area (Å²) in [6.45, 7) is 0.232. The van der Waals surface area contributed by atoms with E-state index < -0.39 is 11.8 Å². The second-order valence-electron chi connectivity index (χ2n) is 5.80. The number of hydrogen-bond donors (Lipinski definition) is 2. The summed E-state index contributed by atoms with van der Waals surface area (Å²) in [5.41, 5.74) is 4.39. The van der Waals surface area contributed by atoms with Gasteiger partial charge in [0.05, 0.1) is 11.6 Å². The van der Waals surface area contributed by atoms with Crippen LogP contribution in [0.5, 0.6) is 5.75 Å². The van der Waals surface area contributed by atoms with Gasteiger partial charge >= 0.3 is 0 Å². The van der Waals surface area contributed by atoms with Gasteiger partial charge in [-0.05, 0) is 30.3 Å². The lowest BCUT2D eigenvalue weighted by molar-refractivity contribution is 0.0837. The van der Waals surface area contributed by atoms with Gasteiger partial charge in [-0.3, -0.25) is 30.2 Å². The van der Waals surface area contributed by atoms with E-state index in [-0.39, 0.29) is 30.1 Å². The van der Waals surface area contributed by atoms with Crippen LogP contribution in [0, 0.1) is 0 Å². The van der Waals surface area contributed by atoms with Crippen molar-refractivity contribution in [2.24, 2.45) is 0 Å². The number of aromatic nitrogens is 2. The summed E-state index contributed by atoms with van der Waals surface area (Å²) in [7, 11) is 0. The molecule has 2 N–H and O–H groups in total. The number of amides is 2. The van der Waals surface area contributed by atoms with Crippen LogP contribution in [0.4, 0.5) is 0 Å². The van der Waals surface area contributed by atoms with Crippen molar-refractivity contribution in [2.75, 3.05) is 6.61 Å². The summed E-state index contributed by atoms with van der Waals surface area (Å²) in [4.78, 5) is 40.6. The van der Waals surface area contributed by atoms with Crippen LogP contribution in [-0.2, 0) is 6.54 Å². The monoisotopic (exact) mass is 412 g/mol. The highest BCUT2D eigenvalue weighted by atomic mass is 35.5. The highest BCUT2D eigenvalue weighted by Crippen LogP contribution is 2.22. The van der Waals surface area contributed by atoms with Crippen molar-refractivity contribution in [3.63, 3.8) is 0 Å². The number of benzene rings is 1. The number of hydrazine groups is 1. The SMILES string of the molecule is O=C(NNC(=O)c1cccc(=O)n1CCOc1ccccc1Cl)c1ccccn1. The number of para-hydroxylation sites is 1. The van der Waals surface area contributed by atoms with Gasteiger partial charge < -0.3 is 9.30 Å². The maximum absolute atomic E-state index is 12.5. The molecule has 2 aromatic heterocycles. The van der Waals surface area contributed by atoms with Crippen molar-refractivity contribution >= 4 is 23.4 Å². The fraction of sp³-hybridized carbons (Fsp3) is 0.100. The third-order valence-corrected chi connectivity index (χ3v) is 4.19. The number of halogens is 1. The molecule has 0 aliphatic carbocycles. The van der Waals surface area contributed by atoms with Crippen LogP contribution in [-0.4, -0.2) is 28.0 Å². The molecule has 0 fully saturated rings. The molecule has 2 heterocycles. The average Bonchev–Trinajstić information content (AvgIpc) is 2.74. The van der Waals surface area contributed by atoms with Crippen LogP contribution in [0.15, 0.2) is 71.7 Å². The van der Waals surface area contributed by atoms with Gasteiger partial charge in [0.2, 0.25) is 0 Å². The fourth-order valence-electron chi connectivity index (χ4n) is 2.50. The molecule has 1 aromatic carbocycles. The zero-order valence-electron chi connectivity index (χ0n) is 15.2. The van der Waals surface area contributed by atoms with Gasteiger partial charge in [-0.15, -0.1) is 0 Å². The Morgan fingerprint density at radius 2 is 1.72 bits per heavy atom. The molecule has 0 aliphatic rings. The van der Waals surface area contributed by atoms with E-state index in [2.05, 4.69) is 15.8 Å². The normalized spacial score (nSPS) is 10.2. The minimum Gasteiger partial charge on any atom is -0.490 e. The molecule has 0 saturated heterocycles. The van der Waals surface area contributed by atoms with Crippen LogP contribution in [0.3, 0.4) is 0 Å². The molecule has 148 valence electrons. The van der Waals surface area contributed by atoms with E-state index in [4.69, 9.17) is 16.3 Å². The Labute approximate surface area is 171 Å². The van der Waals surface area contributed by atoms with Gasteiger partial charge in [0.15, 0.2) is 0 Å². The quantitative estimate of drug-likeness (QED) is 0.603. The topological polar surface area (TPSA) is 102 Å². The Bertz CT molecular complexity index is 1070. The highest BCUT2D eigenvalue weighted by molar-refractivity contribution is 6.32. The molecule has 0 saturated carbocycles. The van der Waals surface area contributed by atoms with Gasteiger partial charge in [-0.1, -0.05) is 35.9 Å². The number of nitrogens with zero attached hydrogens (tertiary/aromatic N) is 2. The second kappa shape index (κ2) is 9.52. The van der Waals surface area contributed by atoms with Gasteiger partial charge in [0, 0.05) is 12.3 Å². The third kappa shape index (κ3) is 5.20. The van der Waals surface area contributed by atoms with Crippen molar-refractivity contribution in [1.82, 2.24) is 20.4 Å². The van der Waals surface area contributed by atoms with Gasteiger partial charge in [0.1, 0.15) is 23.7 Å². The Balaban J connectivity index is 1.65. The van der Waals surface area contributed by atoms with Crippen molar-refractivity contribution in [2.45, 2.75) is 6.54 Å². The summed E-state index contributed by atoms with van der Waals surface area (Å²) in [5, 5.41) is 0.447. The van der Waals surface area contributed by atoms with Crippen LogP contribution in [0.2, 0.25) is 5.02 Å². The fourth-order valence-corrected chi connectivity index (χ4v) is 2.69. The van der Waals surface area contributed by atoms with E-state index in [9.17, 15) is 14.4 Å². The van der Waals surface area contributed by atoms with Crippen LogP contribution >= 0.6 is 11.6 Å². The molecule has 3 aromatic rings. The molecule has 0 aliphatic heterocycles. The molecular weight excluding hydrogens is 396 g/mol. The molecular formula is C20H17ClN4O4. The molecule has 9 heteroatoms. The predicted octanol–water partition coefficient (Wildman–Crippen LogP) is 2.05. The number of rotatable bonds is 6. The van der Waals surface area contributed by atoms with E-state index in [0.717, 1.165) is 0 Å². The maximum Gasteiger partial charge on any atom is 0.288 e. The number of pyridine rings is 2. The molecule has 8 nitrogen and oxygen atoms in total. The van der Waals surface area contributed by atoms with Crippen molar-refractivity contribution in [1.29, 1.82) is 0 Å². The van der Waals surface area contributed by atoms with Crippen LogP contribution in [0.1, 0.15) is 21.0 Å². The first-order valence-corrected chi connectivity index (χ1v) is 9.03. The smallest absolute Gasteiger partial charge is 0.288 e. The average molecular weight is 413 g/mol. The number of carbonyl (C=O) groups excluding carboxylic acids is 2. The first kappa shape index (κ1) is 20.1. The molecule has 0 unspecified atom stereocenters. The number of nitrogens with one attached hydrogen (secondary N) is 2. The van der Waals surface area contributed by atoms with E-state index in [1.54, 1.807) is 36.4 Å². The zero-order valence-corrected chi connectivity index (χ0v) is 15.9. The van der Waals surface area contributed by atoms with Crippen molar-refractivity contribution < 1.29 is 14.3 Å². The number of hydrogen-bond acceptors (Lipinski definition) is 5. The maximum atomic E-state index is 12.5. The summed E-state index contributed by atoms with van der Waals surface area (Å²) < 4.78 is 6.83. The van der Waals surface area contributed by atoms with Gasteiger partial charge in [0.25, 0.3) is 17.4 Å². The summed E-state index contributed by atoms with van der Waals surface area (Å²) in [6.07, 6.45) is 1.46. The molecule has 29 heavy (non-hydrogen) atoms. The Morgan fingerprint density at radius 3 is 2.48 bits per heavy atom. The third-order valence-electron chi connectivity index (χ3n) is 3.88. The first-order valence-electron chi connectivity index (χ1n) is 8.65. The van der Waals surface area contributed by atoms with Crippen molar-refractivity contribution in [3.8, 4) is 5.75 Å². The predicted molar refractivity (Wildman–Crippen MR) is 107 cm³/mol. The van der Waals surface area contributed by atoms with E-state index in [1.807, 2.05) is 0 Å². The molecule has 2 amide bonds. The van der Waals surface area contributed by atoms with Crippen LogP contribution in [0.25, 0.3) is 0 Å². The largest absolute Gasteiger partial charge is 0.490 e. The Kier molecular flexibility index (Phi) is 6.59. The zero-order chi connectivity index (χ0) is 20.6. The second-order valence-corrected chi connectivity index (χ2v) is 6.21. The highest BCUT2D eigenvalue weighted by Gasteiger charge is 2.14. The van der Waals surface area contributed by atoms with E-state index in [0.29, 0.717) is 10.8 Å². The molecule has 0 bridgehead atoms. The van der Waals surface area contributed by atoms with E-state index in [1.165, 1.54) is 35.0 Å². The summed E-state index contributed by atoms with van der Waals surface area (Å²) in [6, 6.07) is 16.0.